The minimum atomic E-state index is 0.709. The highest BCUT2D eigenvalue weighted by molar-refractivity contribution is 4.80. The van der Waals surface area contributed by atoms with Crippen LogP contribution in [0.2, 0.25) is 0 Å². The lowest BCUT2D eigenvalue weighted by molar-refractivity contribution is -0.0649. The monoisotopic (exact) mass is 197 g/mol. The second kappa shape index (κ2) is 7.02. The van der Waals surface area contributed by atoms with Gasteiger partial charge in [-0.05, 0) is 39.3 Å². The van der Waals surface area contributed by atoms with Crippen LogP contribution < -0.4 is 0 Å². The lowest BCUT2D eigenvalue weighted by atomic mass is 10.1. The van der Waals surface area contributed by atoms with E-state index in [-0.39, 0.29) is 0 Å². The average Bonchev–Trinajstić information content (AvgIpc) is 2.10. The van der Waals surface area contributed by atoms with Gasteiger partial charge in [0.25, 0.3) is 0 Å². The summed E-state index contributed by atoms with van der Waals surface area (Å²) < 4.78 is 5.23. The standard InChI is InChI=1S/C12H23NO/c1-3-5-6-7-9-13(8-4-2)12-10-14-11-12/h3,5,12H,4,6-11H2,1-2H3/b5-3+. The zero-order chi connectivity index (χ0) is 10.2. The molecule has 1 fully saturated rings. The molecule has 0 bridgehead atoms. The van der Waals surface area contributed by atoms with Crippen molar-refractivity contribution in [3.63, 3.8) is 0 Å². The molecule has 1 heterocycles. The molecule has 1 saturated heterocycles. The Kier molecular flexibility index (Phi) is 5.88. The predicted molar refractivity (Wildman–Crippen MR) is 60.5 cm³/mol. The molecule has 0 unspecified atom stereocenters. The first-order valence-corrected chi connectivity index (χ1v) is 5.81. The van der Waals surface area contributed by atoms with Crippen molar-refractivity contribution < 1.29 is 4.74 Å². The van der Waals surface area contributed by atoms with Gasteiger partial charge in [-0.2, -0.15) is 0 Å². The van der Waals surface area contributed by atoms with Crippen molar-refractivity contribution >= 4 is 0 Å². The van der Waals surface area contributed by atoms with Gasteiger partial charge < -0.3 is 4.74 Å². The lowest BCUT2D eigenvalue weighted by Gasteiger charge is -2.37. The number of rotatable bonds is 7. The Hall–Kier alpha value is -0.340. The molecule has 0 aromatic heterocycles. The van der Waals surface area contributed by atoms with E-state index < -0.39 is 0 Å². The van der Waals surface area contributed by atoms with E-state index in [4.69, 9.17) is 4.74 Å². The maximum absolute atomic E-state index is 5.23. The van der Waals surface area contributed by atoms with Gasteiger partial charge in [0.1, 0.15) is 0 Å². The van der Waals surface area contributed by atoms with Crippen molar-refractivity contribution in [2.75, 3.05) is 26.3 Å². The fourth-order valence-corrected chi connectivity index (χ4v) is 1.78. The molecule has 2 heteroatoms. The van der Waals surface area contributed by atoms with Crippen molar-refractivity contribution in [1.29, 1.82) is 0 Å². The first kappa shape index (κ1) is 11.7. The summed E-state index contributed by atoms with van der Waals surface area (Å²) in [4.78, 5) is 2.58. The van der Waals surface area contributed by atoms with Gasteiger partial charge in [-0.25, -0.2) is 0 Å². The van der Waals surface area contributed by atoms with E-state index in [1.807, 2.05) is 0 Å². The van der Waals surface area contributed by atoms with Gasteiger partial charge in [0.15, 0.2) is 0 Å². The zero-order valence-electron chi connectivity index (χ0n) is 9.54. The Morgan fingerprint density at radius 1 is 1.36 bits per heavy atom. The molecule has 0 aromatic rings. The Morgan fingerprint density at radius 2 is 2.14 bits per heavy atom. The minimum Gasteiger partial charge on any atom is -0.378 e. The highest BCUT2D eigenvalue weighted by Gasteiger charge is 2.24. The smallest absolute Gasteiger partial charge is 0.0645 e. The Balaban J connectivity index is 2.14. The Labute approximate surface area is 87.9 Å². The van der Waals surface area contributed by atoms with Crippen LogP contribution in [0.1, 0.15) is 33.1 Å². The topological polar surface area (TPSA) is 12.5 Å². The summed E-state index contributed by atoms with van der Waals surface area (Å²) in [7, 11) is 0. The van der Waals surface area contributed by atoms with Gasteiger partial charge in [0, 0.05) is 0 Å². The third-order valence-electron chi connectivity index (χ3n) is 2.70. The minimum absolute atomic E-state index is 0.709. The fraction of sp³-hybridized carbons (Fsp3) is 0.833. The summed E-state index contributed by atoms with van der Waals surface area (Å²) in [5, 5.41) is 0. The second-order valence-electron chi connectivity index (χ2n) is 3.94. The number of hydrogen-bond acceptors (Lipinski definition) is 2. The van der Waals surface area contributed by atoms with Gasteiger partial charge in [0.05, 0.1) is 19.3 Å². The van der Waals surface area contributed by atoms with Gasteiger partial charge in [-0.3, -0.25) is 4.90 Å². The SMILES string of the molecule is C/C=C/CCCN(CCC)C1COC1. The number of nitrogens with zero attached hydrogens (tertiary/aromatic N) is 1. The van der Waals surface area contributed by atoms with E-state index in [9.17, 15) is 0 Å². The van der Waals surface area contributed by atoms with Gasteiger partial charge in [-0.1, -0.05) is 19.1 Å². The summed E-state index contributed by atoms with van der Waals surface area (Å²) in [6, 6.07) is 0.709. The molecule has 2 nitrogen and oxygen atoms in total. The summed E-state index contributed by atoms with van der Waals surface area (Å²) in [6.07, 6.45) is 8.13. The van der Waals surface area contributed by atoms with Crippen LogP contribution in [0.15, 0.2) is 12.2 Å². The van der Waals surface area contributed by atoms with Crippen LogP contribution in [-0.4, -0.2) is 37.2 Å². The lowest BCUT2D eigenvalue weighted by Crippen LogP contribution is -2.49. The van der Waals surface area contributed by atoms with Crippen molar-refractivity contribution in [3.8, 4) is 0 Å². The van der Waals surface area contributed by atoms with Crippen molar-refractivity contribution in [2.24, 2.45) is 0 Å². The van der Waals surface area contributed by atoms with Crippen molar-refractivity contribution in [2.45, 2.75) is 39.2 Å². The molecule has 0 spiro atoms. The average molecular weight is 197 g/mol. The molecule has 0 aliphatic carbocycles. The second-order valence-corrected chi connectivity index (χ2v) is 3.94. The van der Waals surface area contributed by atoms with Gasteiger partial charge in [0.2, 0.25) is 0 Å². The van der Waals surface area contributed by atoms with Gasteiger partial charge >= 0.3 is 0 Å². The Bertz CT molecular complexity index is 164. The predicted octanol–water partition coefficient (Wildman–Crippen LogP) is 2.45. The van der Waals surface area contributed by atoms with E-state index in [1.54, 1.807) is 0 Å². The highest BCUT2D eigenvalue weighted by Crippen LogP contribution is 2.12. The summed E-state index contributed by atoms with van der Waals surface area (Å²) in [5.74, 6) is 0. The molecule has 0 saturated carbocycles. The normalized spacial score (nSPS) is 17.9. The van der Waals surface area contributed by atoms with E-state index >= 15 is 0 Å². The zero-order valence-corrected chi connectivity index (χ0v) is 9.54. The largest absolute Gasteiger partial charge is 0.378 e. The van der Waals surface area contributed by atoms with Crippen LogP contribution in [0.5, 0.6) is 0 Å². The molecule has 1 aliphatic rings. The molecular weight excluding hydrogens is 174 g/mol. The molecule has 0 amide bonds. The first-order chi connectivity index (χ1) is 6.88. The number of hydrogen-bond donors (Lipinski definition) is 0. The van der Waals surface area contributed by atoms with Crippen LogP contribution in [0, 0.1) is 0 Å². The molecule has 1 aliphatic heterocycles. The van der Waals surface area contributed by atoms with E-state index in [1.165, 1.54) is 32.4 Å². The Morgan fingerprint density at radius 3 is 2.64 bits per heavy atom. The van der Waals surface area contributed by atoms with E-state index in [0.29, 0.717) is 6.04 Å². The molecule has 82 valence electrons. The highest BCUT2D eigenvalue weighted by atomic mass is 16.5. The first-order valence-electron chi connectivity index (χ1n) is 5.81. The molecule has 0 radical (unpaired) electrons. The third kappa shape index (κ3) is 3.81. The maximum atomic E-state index is 5.23. The van der Waals surface area contributed by atoms with Crippen LogP contribution in [0.4, 0.5) is 0 Å². The molecule has 1 rings (SSSR count). The van der Waals surface area contributed by atoms with E-state index in [2.05, 4.69) is 30.9 Å². The number of allylic oxidation sites excluding steroid dienone is 2. The van der Waals surface area contributed by atoms with Crippen molar-refractivity contribution in [3.05, 3.63) is 12.2 Å². The van der Waals surface area contributed by atoms with Crippen molar-refractivity contribution in [1.82, 2.24) is 4.90 Å². The number of ether oxygens (including phenoxy) is 1. The maximum Gasteiger partial charge on any atom is 0.0645 e. The quantitative estimate of drug-likeness (QED) is 0.459. The summed E-state index contributed by atoms with van der Waals surface area (Å²) in [6.45, 7) is 8.69. The van der Waals surface area contributed by atoms with Crippen LogP contribution >= 0.6 is 0 Å². The van der Waals surface area contributed by atoms with Crippen LogP contribution in [0.3, 0.4) is 0 Å². The van der Waals surface area contributed by atoms with Crippen LogP contribution in [-0.2, 0) is 4.74 Å². The van der Waals surface area contributed by atoms with Crippen LogP contribution in [0.25, 0.3) is 0 Å². The van der Waals surface area contributed by atoms with E-state index in [0.717, 1.165) is 13.2 Å². The molecule has 0 aromatic carbocycles. The summed E-state index contributed by atoms with van der Waals surface area (Å²) in [5.41, 5.74) is 0. The molecule has 14 heavy (non-hydrogen) atoms. The molecular formula is C12H23NO. The summed E-state index contributed by atoms with van der Waals surface area (Å²) >= 11 is 0. The number of unbranched alkanes of at least 4 members (excludes halogenated alkanes) is 1. The molecule has 0 atom stereocenters. The third-order valence-corrected chi connectivity index (χ3v) is 2.70. The molecule has 0 N–H and O–H groups in total. The van der Waals surface area contributed by atoms with Gasteiger partial charge in [-0.15, -0.1) is 0 Å². The fourth-order valence-electron chi connectivity index (χ4n) is 1.78.